The Hall–Kier alpha value is -0.750. The van der Waals surface area contributed by atoms with Crippen LogP contribution in [0.25, 0.3) is 0 Å². The molecule has 23 heteroatoms. The van der Waals surface area contributed by atoms with Crippen LogP contribution in [0.4, 0.5) is 0 Å². The maximum absolute atomic E-state index is 13.5. The molecule has 0 bridgehead atoms. The van der Waals surface area contributed by atoms with E-state index in [1.54, 1.807) is 27.7 Å². The second-order valence-corrected chi connectivity index (χ2v) is 24.4. The van der Waals surface area contributed by atoms with Crippen molar-refractivity contribution in [2.45, 2.75) is 231 Å². The van der Waals surface area contributed by atoms with Crippen molar-refractivity contribution in [3.63, 3.8) is 0 Å². The lowest BCUT2D eigenvalue weighted by atomic mass is 10.1. The molecule has 0 radical (unpaired) electrons. The van der Waals surface area contributed by atoms with Crippen LogP contribution in [0.3, 0.4) is 0 Å². The Balaban J connectivity index is 0.000000347. The SMILES string of the molecule is C[C@@H]1O[C@H](COC(C)(C)C)[C@H](O)C1OP(=O)([O-])OC[C@H]1O[C@@H](C)C(O)[C@H]1OC(C)(C)C.C[C@@H]1O[C@H](COP(=O)(CC(=O)[O-])O[C@@H]2C(O)[C@H](C)O[C@@H]2COC(C)(C)C)[C@H](OC(C)(C)C)C1O. The molecule has 21 nitrogen and oxygen atoms in total. The van der Waals surface area contributed by atoms with Crippen LogP contribution in [-0.4, -0.2) is 179 Å². The number of carbonyl (C=O) groups is 1. The van der Waals surface area contributed by atoms with Crippen LogP contribution in [0.2, 0.25) is 0 Å². The number of phosphoric ester groups is 1. The molecule has 6 unspecified atom stereocenters. The smallest absolute Gasteiger partial charge is 0.336 e. The van der Waals surface area contributed by atoms with Gasteiger partial charge in [-0.3, -0.25) is 13.7 Å². The Bertz CT molecular complexity index is 1590. The number of carboxylic acid groups (broad SMARTS) is 1. The van der Waals surface area contributed by atoms with Crippen LogP contribution in [0.1, 0.15) is 111 Å². The summed E-state index contributed by atoms with van der Waals surface area (Å²) in [7, 11) is -9.15. The Labute approximate surface area is 384 Å². The van der Waals surface area contributed by atoms with Gasteiger partial charge in [0.2, 0.25) is 0 Å². The maximum Gasteiger partial charge on any atom is 0.336 e. The van der Waals surface area contributed by atoms with Gasteiger partial charge in [0.25, 0.3) is 7.82 Å². The fraction of sp³-hybridized carbons (Fsp3) is 0.976. The van der Waals surface area contributed by atoms with Gasteiger partial charge in [0.1, 0.15) is 73.2 Å². The summed E-state index contributed by atoms with van der Waals surface area (Å²) in [5.74, 6) is -1.64. The third kappa shape index (κ3) is 18.8. The summed E-state index contributed by atoms with van der Waals surface area (Å²) < 4.78 is 92.9. The first-order chi connectivity index (χ1) is 29.4. The van der Waals surface area contributed by atoms with Crippen molar-refractivity contribution in [2.75, 3.05) is 32.6 Å². The molecule has 384 valence electrons. The van der Waals surface area contributed by atoms with Gasteiger partial charge in [-0.25, -0.2) is 0 Å². The number of rotatable bonds is 18. The molecule has 65 heavy (non-hydrogen) atoms. The monoisotopic (exact) mass is 980 g/mol. The summed E-state index contributed by atoms with van der Waals surface area (Å²) in [4.78, 5) is 23.8. The number of aliphatic carboxylic acids is 1. The highest BCUT2D eigenvalue weighted by molar-refractivity contribution is 7.54. The summed E-state index contributed by atoms with van der Waals surface area (Å²) in [5.41, 5.74) is -2.11. The number of aliphatic hydroxyl groups is 4. The van der Waals surface area contributed by atoms with Crippen molar-refractivity contribution in [3.05, 3.63) is 0 Å². The predicted molar refractivity (Wildman–Crippen MR) is 229 cm³/mol. The number of carboxylic acids is 1. The number of phosphoric acid groups is 1. The molecule has 0 aromatic carbocycles. The van der Waals surface area contributed by atoms with Gasteiger partial charge in [0.05, 0.1) is 85.4 Å². The lowest BCUT2D eigenvalue weighted by molar-refractivity contribution is -0.301. The molecule has 4 N–H and O–H groups in total. The lowest BCUT2D eigenvalue weighted by Crippen LogP contribution is -2.42. The highest BCUT2D eigenvalue weighted by Gasteiger charge is 2.50. The zero-order valence-electron chi connectivity index (χ0n) is 40.9. The van der Waals surface area contributed by atoms with E-state index in [0.29, 0.717) is 0 Å². The largest absolute Gasteiger partial charge is 0.756 e. The van der Waals surface area contributed by atoms with Gasteiger partial charge >= 0.3 is 7.60 Å². The number of aliphatic hydroxyl groups excluding tert-OH is 4. The van der Waals surface area contributed by atoms with E-state index >= 15 is 0 Å². The third-order valence-corrected chi connectivity index (χ3v) is 13.0. The van der Waals surface area contributed by atoms with E-state index in [1.165, 1.54) is 0 Å². The van der Waals surface area contributed by atoms with Crippen LogP contribution in [0.5, 0.6) is 0 Å². The molecule has 0 amide bonds. The van der Waals surface area contributed by atoms with Crippen molar-refractivity contribution in [1.82, 2.24) is 0 Å². The zero-order chi connectivity index (χ0) is 49.8. The summed E-state index contributed by atoms with van der Waals surface area (Å²) >= 11 is 0. The van der Waals surface area contributed by atoms with Gasteiger partial charge in [-0.15, -0.1) is 0 Å². The van der Waals surface area contributed by atoms with E-state index in [9.17, 15) is 44.4 Å². The van der Waals surface area contributed by atoms with E-state index in [-0.39, 0.29) is 19.8 Å². The first kappa shape index (κ1) is 58.6. The number of hydrogen-bond acceptors (Lipinski definition) is 21. The van der Waals surface area contributed by atoms with Crippen LogP contribution >= 0.6 is 15.4 Å². The van der Waals surface area contributed by atoms with Crippen molar-refractivity contribution >= 4 is 21.4 Å². The average molecular weight is 981 g/mol. The molecule has 4 heterocycles. The van der Waals surface area contributed by atoms with E-state index in [0.717, 1.165) is 0 Å². The highest BCUT2D eigenvalue weighted by atomic mass is 31.2. The van der Waals surface area contributed by atoms with Gasteiger partial charge in [-0.1, -0.05) is 0 Å². The third-order valence-electron chi connectivity index (χ3n) is 10.3. The van der Waals surface area contributed by atoms with Gasteiger partial charge in [0, 0.05) is 0 Å². The number of carbonyl (C=O) groups excluding carboxylic acids is 1. The molecule has 4 rings (SSSR count). The molecule has 0 saturated carbocycles. The maximum atomic E-state index is 13.5. The van der Waals surface area contributed by atoms with Crippen LogP contribution in [-0.2, 0) is 69.9 Å². The molecule has 4 aliphatic rings. The highest BCUT2D eigenvalue weighted by Crippen LogP contribution is 2.52. The molecule has 4 saturated heterocycles. The van der Waals surface area contributed by atoms with Gasteiger partial charge < -0.3 is 86.7 Å². The second-order valence-electron chi connectivity index (χ2n) is 21.0. The molecule has 0 aromatic heterocycles. The number of hydrogen-bond donors (Lipinski definition) is 4. The molecular weight excluding hydrogens is 902 g/mol. The minimum absolute atomic E-state index is 0.0256. The Kier molecular flexibility index (Phi) is 20.7. The Morgan fingerprint density at radius 2 is 0.877 bits per heavy atom. The fourth-order valence-electron chi connectivity index (χ4n) is 7.26. The first-order valence-electron chi connectivity index (χ1n) is 22.1. The minimum atomic E-state index is -4.81. The van der Waals surface area contributed by atoms with Gasteiger partial charge in [-0.05, 0) is 111 Å². The molecule has 0 aromatic rings. The van der Waals surface area contributed by atoms with E-state index in [4.69, 9.17) is 56.0 Å². The predicted octanol–water partition coefficient (Wildman–Crippen LogP) is 1.78. The summed E-state index contributed by atoms with van der Waals surface area (Å²) in [6.45, 7) is 28.0. The molecule has 4 aliphatic heterocycles. The van der Waals surface area contributed by atoms with Crippen molar-refractivity contribution in [2.24, 2.45) is 0 Å². The summed E-state index contributed by atoms with van der Waals surface area (Å²) in [5, 5.41) is 53.2. The van der Waals surface area contributed by atoms with E-state index in [2.05, 4.69) is 0 Å². The van der Waals surface area contributed by atoms with E-state index in [1.807, 2.05) is 83.1 Å². The standard InChI is InChI=1S/C22H41O11P.C20H39O10P/c1-12-17(25)19(32-22(6,7)8)15(31-12)10-29-34(27,11-16(23)24)33-20-14(9-28-21(3,4)5)30-13(2)18(20)26;1-11-15(21)18(29-20(6,7)8)14(27-11)10-26-31(23,24)30-17-12(2)28-13(16(17)22)9-25-19(3,4)5/h12-15,17-20,25-26H,9-11H2,1-8H3,(H,23,24);11-18,21-22H,9-10H2,1-8H3,(H,23,24)/p-2/t12-,13-,14+,15+,17?,18?,19-,20-,34?;11-,12-,13+,14+,15?,16-,17?,18-/m00/s1. The fourth-order valence-corrected chi connectivity index (χ4v) is 9.80. The first-order valence-corrected chi connectivity index (χ1v) is 25.3. The van der Waals surface area contributed by atoms with Gasteiger partial charge in [0.15, 0.2) is 0 Å². The van der Waals surface area contributed by atoms with Crippen molar-refractivity contribution in [1.29, 1.82) is 0 Å². The lowest BCUT2D eigenvalue weighted by Gasteiger charge is -2.32. The molecular formula is C42H78O21P2-2. The summed E-state index contributed by atoms with van der Waals surface area (Å²) in [6, 6.07) is 0. The summed E-state index contributed by atoms with van der Waals surface area (Å²) in [6.07, 6.45) is -14.8. The van der Waals surface area contributed by atoms with Gasteiger partial charge in [-0.2, -0.15) is 0 Å². The zero-order valence-corrected chi connectivity index (χ0v) is 42.7. The Morgan fingerprint density at radius 3 is 1.28 bits per heavy atom. The quantitative estimate of drug-likeness (QED) is 0.142. The minimum Gasteiger partial charge on any atom is -0.756 e. The average Bonchev–Trinajstić information content (AvgIpc) is 3.75. The van der Waals surface area contributed by atoms with Crippen molar-refractivity contribution in [3.8, 4) is 0 Å². The Morgan fingerprint density at radius 1 is 0.508 bits per heavy atom. The van der Waals surface area contributed by atoms with Crippen LogP contribution < -0.4 is 10.00 Å². The van der Waals surface area contributed by atoms with E-state index < -0.39 is 154 Å². The van der Waals surface area contributed by atoms with Crippen LogP contribution in [0, 0.1) is 0 Å². The second kappa shape index (κ2) is 23.0. The topological polar surface area (TPSA) is 289 Å². The van der Waals surface area contributed by atoms with Crippen molar-refractivity contribution < 1.29 is 100 Å². The van der Waals surface area contributed by atoms with Crippen LogP contribution in [0.15, 0.2) is 0 Å². The molecule has 0 spiro atoms. The normalized spacial score (nSPS) is 37.7. The molecule has 18 atom stereocenters. The molecule has 4 fully saturated rings. The number of ether oxygens (including phenoxy) is 8. The molecule has 0 aliphatic carbocycles.